The SMILES string of the molecule is NC(N)C(C(=O)Nc1cnccc1C1CCN(C(=O)C23CCN(CC2)CC3)CC1)C1NCC(F)CN1. The minimum Gasteiger partial charge on any atom is -0.342 e. The summed E-state index contributed by atoms with van der Waals surface area (Å²) >= 11 is 0. The number of hydrogen-bond acceptors (Lipinski definition) is 8. The number of pyridine rings is 1. The fourth-order valence-electron chi connectivity index (χ4n) is 6.41. The first kappa shape index (κ1) is 25.5. The average Bonchev–Trinajstić information content (AvgIpc) is 2.91. The molecule has 0 aliphatic carbocycles. The number of hydrogen-bond donors (Lipinski definition) is 5. The number of carbonyl (C=O) groups excluding carboxylic acids is 2. The van der Waals surface area contributed by atoms with E-state index >= 15 is 0 Å². The van der Waals surface area contributed by atoms with Crippen LogP contribution in [-0.2, 0) is 9.59 Å². The molecule has 5 aliphatic heterocycles. The molecule has 10 nitrogen and oxygen atoms in total. The Bertz CT molecular complexity index is 924. The molecule has 1 unspecified atom stereocenters. The summed E-state index contributed by atoms with van der Waals surface area (Å²) in [5.74, 6) is -0.573. The van der Waals surface area contributed by atoms with E-state index in [2.05, 4.69) is 30.7 Å². The summed E-state index contributed by atoms with van der Waals surface area (Å²) in [7, 11) is 0. The van der Waals surface area contributed by atoms with Crippen LogP contribution >= 0.6 is 0 Å². The van der Waals surface area contributed by atoms with Gasteiger partial charge in [0.25, 0.3) is 0 Å². The van der Waals surface area contributed by atoms with Crippen molar-refractivity contribution in [1.29, 1.82) is 0 Å². The summed E-state index contributed by atoms with van der Waals surface area (Å²) in [6.07, 6.45) is 5.53. The van der Waals surface area contributed by atoms with Gasteiger partial charge in [0.15, 0.2) is 0 Å². The van der Waals surface area contributed by atoms with Gasteiger partial charge in [0.05, 0.1) is 35.5 Å². The van der Waals surface area contributed by atoms with Crippen LogP contribution in [0.1, 0.15) is 43.6 Å². The highest BCUT2D eigenvalue weighted by Gasteiger charge is 2.47. The van der Waals surface area contributed by atoms with Gasteiger partial charge in [-0.25, -0.2) is 4.39 Å². The van der Waals surface area contributed by atoms with Gasteiger partial charge in [0.2, 0.25) is 11.8 Å². The number of rotatable bonds is 6. The number of anilines is 1. The molecule has 5 aliphatic rings. The molecule has 0 spiro atoms. The summed E-state index contributed by atoms with van der Waals surface area (Å²) in [5, 5.41) is 8.95. The second-order valence-corrected chi connectivity index (χ2v) is 10.9. The van der Waals surface area contributed by atoms with Crippen LogP contribution in [0.5, 0.6) is 0 Å². The third-order valence-electron chi connectivity index (χ3n) is 8.70. The first-order chi connectivity index (χ1) is 17.4. The van der Waals surface area contributed by atoms with Gasteiger partial charge in [0.1, 0.15) is 6.17 Å². The smallest absolute Gasteiger partial charge is 0.233 e. The van der Waals surface area contributed by atoms with Gasteiger partial charge in [-0.05, 0) is 69.3 Å². The number of alkyl halides is 1. The lowest BCUT2D eigenvalue weighted by Crippen LogP contribution is -2.64. The van der Waals surface area contributed by atoms with Crippen molar-refractivity contribution in [2.45, 2.75) is 56.5 Å². The van der Waals surface area contributed by atoms with Crippen molar-refractivity contribution in [3.8, 4) is 0 Å². The number of nitrogens with two attached hydrogens (primary N) is 2. The Morgan fingerprint density at radius 1 is 1.08 bits per heavy atom. The molecular weight excluding hydrogens is 463 g/mol. The van der Waals surface area contributed by atoms with Crippen LogP contribution in [0.15, 0.2) is 18.5 Å². The number of aromatic nitrogens is 1. The molecule has 6 rings (SSSR count). The Balaban J connectivity index is 1.23. The Kier molecular flexibility index (Phi) is 7.55. The number of piperidine rings is 4. The maximum atomic E-state index is 13.5. The van der Waals surface area contributed by atoms with Gasteiger partial charge in [-0.15, -0.1) is 0 Å². The van der Waals surface area contributed by atoms with Gasteiger partial charge in [0, 0.05) is 32.4 Å². The van der Waals surface area contributed by atoms with Crippen molar-refractivity contribution in [3.05, 3.63) is 24.0 Å². The second kappa shape index (κ2) is 10.7. The molecule has 0 radical (unpaired) electrons. The van der Waals surface area contributed by atoms with E-state index in [-0.39, 0.29) is 30.3 Å². The molecule has 6 heterocycles. The molecule has 1 aromatic rings. The van der Waals surface area contributed by atoms with E-state index in [0.29, 0.717) is 11.6 Å². The maximum Gasteiger partial charge on any atom is 0.233 e. The van der Waals surface area contributed by atoms with Gasteiger partial charge in [-0.1, -0.05) is 0 Å². The van der Waals surface area contributed by atoms with E-state index in [1.807, 2.05) is 6.07 Å². The second-order valence-electron chi connectivity index (χ2n) is 10.9. The number of amides is 2. The summed E-state index contributed by atoms with van der Waals surface area (Å²) in [5.41, 5.74) is 13.4. The topological polar surface area (TPSA) is 142 Å². The van der Waals surface area contributed by atoms with Gasteiger partial charge < -0.3 is 26.6 Å². The Hall–Kier alpha value is -2.18. The van der Waals surface area contributed by atoms with E-state index in [0.717, 1.165) is 70.4 Å². The number of likely N-dealkylation sites (tertiary alicyclic amines) is 1. The van der Waals surface area contributed by atoms with Crippen molar-refractivity contribution in [3.63, 3.8) is 0 Å². The largest absolute Gasteiger partial charge is 0.342 e. The summed E-state index contributed by atoms with van der Waals surface area (Å²) in [4.78, 5) is 35.5. The number of nitrogens with one attached hydrogen (secondary N) is 3. The highest BCUT2D eigenvalue weighted by Crippen LogP contribution is 2.43. The molecule has 2 bridgehead atoms. The third-order valence-corrected chi connectivity index (χ3v) is 8.70. The third kappa shape index (κ3) is 5.12. The predicted molar refractivity (Wildman–Crippen MR) is 134 cm³/mol. The zero-order valence-electron chi connectivity index (χ0n) is 20.8. The molecule has 36 heavy (non-hydrogen) atoms. The number of halogens is 1. The van der Waals surface area contributed by atoms with E-state index in [1.54, 1.807) is 12.4 Å². The van der Waals surface area contributed by atoms with E-state index in [1.165, 1.54) is 0 Å². The number of carbonyl (C=O) groups is 2. The molecule has 5 saturated heterocycles. The van der Waals surface area contributed by atoms with Crippen molar-refractivity contribution >= 4 is 17.5 Å². The Morgan fingerprint density at radius 3 is 2.33 bits per heavy atom. The molecule has 198 valence electrons. The van der Waals surface area contributed by atoms with Crippen LogP contribution in [0.4, 0.5) is 10.1 Å². The standard InChI is InChI=1S/C25H39FN8O2/c26-17-13-30-22(31-14-17)20(21(27)28)23(35)32-19-15-29-7-1-18(19)16-2-8-34(9-3-16)24(36)25-4-10-33(11-5-25)12-6-25/h1,7,15-17,20-22,30-31H,2-6,8-14,27-28H2,(H,32,35). The zero-order valence-corrected chi connectivity index (χ0v) is 20.8. The number of nitrogens with zero attached hydrogens (tertiary/aromatic N) is 3. The molecule has 1 aromatic heterocycles. The zero-order chi connectivity index (χ0) is 25.3. The fourth-order valence-corrected chi connectivity index (χ4v) is 6.41. The fraction of sp³-hybridized carbons (Fsp3) is 0.720. The molecular formula is C25H39FN8O2. The minimum absolute atomic E-state index is 0.142. The minimum atomic E-state index is -1.02. The summed E-state index contributed by atoms with van der Waals surface area (Å²) in [6.45, 7) is 4.84. The molecule has 5 fully saturated rings. The normalized spacial score (nSPS) is 31.9. The van der Waals surface area contributed by atoms with Crippen LogP contribution < -0.4 is 27.4 Å². The highest BCUT2D eigenvalue weighted by atomic mass is 19.1. The monoisotopic (exact) mass is 502 g/mol. The lowest BCUT2D eigenvalue weighted by atomic mass is 9.70. The first-order valence-corrected chi connectivity index (χ1v) is 13.2. The summed E-state index contributed by atoms with van der Waals surface area (Å²) in [6, 6.07) is 1.94. The number of fused-ring (bicyclic) bond motifs is 3. The predicted octanol–water partition coefficient (Wildman–Crippen LogP) is -0.0713. The van der Waals surface area contributed by atoms with Crippen molar-refractivity contribution in [1.82, 2.24) is 25.4 Å². The summed E-state index contributed by atoms with van der Waals surface area (Å²) < 4.78 is 13.5. The molecule has 1 atom stereocenters. The van der Waals surface area contributed by atoms with Gasteiger partial charge in [-0.3, -0.25) is 25.2 Å². The molecule has 7 N–H and O–H groups in total. The van der Waals surface area contributed by atoms with Crippen molar-refractivity contribution in [2.75, 3.05) is 51.1 Å². The van der Waals surface area contributed by atoms with Gasteiger partial charge >= 0.3 is 0 Å². The van der Waals surface area contributed by atoms with Crippen LogP contribution in [0.2, 0.25) is 0 Å². The van der Waals surface area contributed by atoms with E-state index in [9.17, 15) is 14.0 Å². The lowest BCUT2D eigenvalue weighted by molar-refractivity contribution is -0.150. The van der Waals surface area contributed by atoms with Crippen LogP contribution in [0.3, 0.4) is 0 Å². The molecule has 0 aromatic carbocycles. The van der Waals surface area contributed by atoms with Crippen molar-refractivity contribution in [2.24, 2.45) is 22.8 Å². The quantitative estimate of drug-likeness (QED) is 0.341. The van der Waals surface area contributed by atoms with E-state index < -0.39 is 24.4 Å². The molecule has 0 saturated carbocycles. The lowest BCUT2D eigenvalue weighted by Gasteiger charge is -2.49. The van der Waals surface area contributed by atoms with Crippen LogP contribution in [0.25, 0.3) is 0 Å². The maximum absolute atomic E-state index is 13.5. The molecule has 11 heteroatoms. The average molecular weight is 503 g/mol. The molecule has 2 amide bonds. The Labute approximate surface area is 211 Å². The van der Waals surface area contributed by atoms with E-state index in [4.69, 9.17) is 11.5 Å². The van der Waals surface area contributed by atoms with Crippen LogP contribution in [0, 0.1) is 11.3 Å². The van der Waals surface area contributed by atoms with Gasteiger partial charge in [-0.2, -0.15) is 0 Å². The first-order valence-electron chi connectivity index (χ1n) is 13.2. The van der Waals surface area contributed by atoms with Crippen molar-refractivity contribution < 1.29 is 14.0 Å². The van der Waals surface area contributed by atoms with Crippen LogP contribution in [-0.4, -0.2) is 90.9 Å². The Morgan fingerprint density at radius 2 is 1.72 bits per heavy atom. The highest BCUT2D eigenvalue weighted by molar-refractivity contribution is 5.94.